The number of hydrogen-bond donors (Lipinski definition) is 0. The van der Waals surface area contributed by atoms with Gasteiger partial charge >= 0.3 is 0 Å². The van der Waals surface area contributed by atoms with Crippen LogP contribution in [0.15, 0.2) is 0 Å². The maximum atomic E-state index is 2.75. The number of hydrogen-bond acceptors (Lipinski definition) is 0. The van der Waals surface area contributed by atoms with E-state index in [-0.39, 0.29) is 0 Å². The van der Waals surface area contributed by atoms with Gasteiger partial charge in [0.05, 0.1) is 0 Å². The molecule has 5 saturated carbocycles. The number of fused-ring (bicyclic) bond motifs is 4. The first-order chi connectivity index (χ1) is 11.9. The van der Waals surface area contributed by atoms with E-state index in [0.717, 1.165) is 40.9 Å². The van der Waals surface area contributed by atoms with Crippen LogP contribution in [-0.2, 0) is 0 Å². The minimum absolute atomic E-state index is 0.647. The molecule has 9 atom stereocenters. The topological polar surface area (TPSA) is 0 Å². The van der Waals surface area contributed by atoms with Crippen LogP contribution in [0, 0.1) is 51.8 Å². The lowest BCUT2D eigenvalue weighted by Crippen LogP contribution is -2.58. The first-order valence-electron chi connectivity index (χ1n) is 11.9. The molecule has 142 valence electrons. The first-order valence-corrected chi connectivity index (χ1v) is 11.9. The first kappa shape index (κ1) is 17.1. The van der Waals surface area contributed by atoms with Crippen molar-refractivity contribution < 1.29 is 0 Å². The summed E-state index contributed by atoms with van der Waals surface area (Å²) in [5.41, 5.74) is 2.10. The smallest absolute Gasteiger partial charge is 0.0235 e. The highest BCUT2D eigenvalue weighted by Crippen LogP contribution is 2.73. The molecule has 0 nitrogen and oxygen atoms in total. The van der Waals surface area contributed by atoms with E-state index in [0.29, 0.717) is 10.8 Å². The van der Waals surface area contributed by atoms with Gasteiger partial charge in [-0.2, -0.15) is 0 Å². The zero-order chi connectivity index (χ0) is 17.4. The van der Waals surface area contributed by atoms with E-state index >= 15 is 0 Å². The molecule has 5 aliphatic carbocycles. The molecule has 0 bridgehead atoms. The van der Waals surface area contributed by atoms with Crippen molar-refractivity contribution in [1.29, 1.82) is 0 Å². The summed E-state index contributed by atoms with van der Waals surface area (Å²) in [5, 5.41) is 0. The molecule has 0 N–H and O–H groups in total. The van der Waals surface area contributed by atoms with E-state index < -0.39 is 0 Å². The fraction of sp³-hybridized carbons (Fsp3) is 1.00. The van der Waals surface area contributed by atoms with Crippen LogP contribution >= 0.6 is 0 Å². The largest absolute Gasteiger partial charge is 0.0625 e. The molecule has 5 rings (SSSR count). The van der Waals surface area contributed by atoms with Gasteiger partial charge in [0.2, 0.25) is 0 Å². The molecule has 7 unspecified atom stereocenters. The molecular formula is C25H42. The summed E-state index contributed by atoms with van der Waals surface area (Å²) < 4.78 is 0. The molecule has 0 amide bonds. The molecule has 0 aromatic heterocycles. The minimum Gasteiger partial charge on any atom is -0.0625 e. The Kier molecular flexibility index (Phi) is 3.77. The predicted octanol–water partition coefficient (Wildman–Crippen LogP) is 7.47. The van der Waals surface area contributed by atoms with Crippen molar-refractivity contribution in [2.24, 2.45) is 51.8 Å². The quantitative estimate of drug-likeness (QED) is 0.428. The Morgan fingerprint density at radius 1 is 0.680 bits per heavy atom. The highest BCUT2D eigenvalue weighted by atomic mass is 14.7. The average molecular weight is 343 g/mol. The molecule has 1 spiro atoms. The van der Waals surface area contributed by atoms with Crippen LogP contribution in [0.5, 0.6) is 0 Å². The lowest BCUT2D eigenvalue weighted by atomic mass is 9.39. The van der Waals surface area contributed by atoms with Gasteiger partial charge in [0.25, 0.3) is 0 Å². The van der Waals surface area contributed by atoms with Crippen molar-refractivity contribution in [2.45, 2.75) is 105 Å². The molecule has 0 saturated heterocycles. The van der Waals surface area contributed by atoms with E-state index in [9.17, 15) is 0 Å². The maximum Gasteiger partial charge on any atom is -0.0235 e. The van der Waals surface area contributed by atoms with Gasteiger partial charge < -0.3 is 0 Å². The van der Waals surface area contributed by atoms with Gasteiger partial charge in [-0.05, 0) is 110 Å². The zero-order valence-corrected chi connectivity index (χ0v) is 17.4. The van der Waals surface area contributed by atoms with Crippen LogP contribution in [0.25, 0.3) is 0 Å². The summed E-state index contributed by atoms with van der Waals surface area (Å²) in [4.78, 5) is 0. The van der Waals surface area contributed by atoms with Gasteiger partial charge in [-0.25, -0.2) is 0 Å². The average Bonchev–Trinajstić information content (AvgIpc) is 2.97. The van der Waals surface area contributed by atoms with E-state index in [2.05, 4.69) is 27.7 Å². The van der Waals surface area contributed by atoms with Crippen LogP contribution in [0.4, 0.5) is 0 Å². The van der Waals surface area contributed by atoms with Crippen LogP contribution in [-0.4, -0.2) is 0 Å². The molecular weight excluding hydrogens is 300 g/mol. The van der Waals surface area contributed by atoms with Gasteiger partial charge in [-0.15, -0.1) is 0 Å². The summed E-state index contributed by atoms with van der Waals surface area (Å²) in [7, 11) is 0. The molecule has 0 aliphatic heterocycles. The van der Waals surface area contributed by atoms with Crippen LogP contribution in [0.2, 0.25) is 0 Å². The molecule has 0 heteroatoms. The van der Waals surface area contributed by atoms with Crippen molar-refractivity contribution in [3.8, 4) is 0 Å². The molecule has 0 radical (unpaired) electrons. The fourth-order valence-corrected chi connectivity index (χ4v) is 10.1. The van der Waals surface area contributed by atoms with Crippen LogP contribution < -0.4 is 0 Å². The molecule has 0 heterocycles. The molecule has 5 fully saturated rings. The van der Waals surface area contributed by atoms with Gasteiger partial charge in [0, 0.05) is 0 Å². The van der Waals surface area contributed by atoms with Crippen LogP contribution in [0.1, 0.15) is 105 Å². The minimum atomic E-state index is 0.647. The highest BCUT2D eigenvalue weighted by molar-refractivity contribution is 5.14. The Hall–Kier alpha value is 0. The molecule has 5 aliphatic rings. The molecule has 0 aromatic rings. The Morgan fingerprint density at radius 2 is 1.48 bits per heavy atom. The van der Waals surface area contributed by atoms with Gasteiger partial charge in [0.15, 0.2) is 0 Å². The second-order valence-corrected chi connectivity index (χ2v) is 12.1. The van der Waals surface area contributed by atoms with Crippen LogP contribution in [0.3, 0.4) is 0 Å². The molecule has 0 aromatic carbocycles. The second kappa shape index (κ2) is 5.51. The van der Waals surface area contributed by atoms with Gasteiger partial charge in [-0.3, -0.25) is 0 Å². The zero-order valence-electron chi connectivity index (χ0n) is 17.4. The molecule has 25 heavy (non-hydrogen) atoms. The van der Waals surface area contributed by atoms with Crippen molar-refractivity contribution in [3.05, 3.63) is 0 Å². The third-order valence-electron chi connectivity index (χ3n) is 11.4. The Bertz CT molecular complexity index is 536. The second-order valence-electron chi connectivity index (χ2n) is 12.1. The van der Waals surface area contributed by atoms with Crippen molar-refractivity contribution in [1.82, 2.24) is 0 Å². The van der Waals surface area contributed by atoms with E-state index in [1.165, 1.54) is 32.1 Å². The monoisotopic (exact) mass is 342 g/mol. The predicted molar refractivity (Wildman–Crippen MR) is 106 cm³/mol. The van der Waals surface area contributed by atoms with Crippen molar-refractivity contribution >= 4 is 0 Å². The third kappa shape index (κ3) is 2.12. The Morgan fingerprint density at radius 3 is 2.32 bits per heavy atom. The van der Waals surface area contributed by atoms with E-state index in [1.807, 2.05) is 0 Å². The van der Waals surface area contributed by atoms with E-state index in [1.54, 1.807) is 44.9 Å². The lowest BCUT2D eigenvalue weighted by Gasteiger charge is -2.66. The van der Waals surface area contributed by atoms with Gasteiger partial charge in [0.1, 0.15) is 0 Å². The summed E-state index contributed by atoms with van der Waals surface area (Å²) in [6.45, 7) is 10.6. The highest BCUT2D eigenvalue weighted by Gasteiger charge is 2.64. The van der Waals surface area contributed by atoms with E-state index in [4.69, 9.17) is 0 Å². The summed E-state index contributed by atoms with van der Waals surface area (Å²) >= 11 is 0. The Balaban J connectivity index is 1.47. The van der Waals surface area contributed by atoms with Crippen molar-refractivity contribution in [2.75, 3.05) is 0 Å². The lowest BCUT2D eigenvalue weighted by molar-refractivity contribution is -0.169. The SMILES string of the molecule is C[C@@H]1CCC2(C)C3CCC45CCC[C@H](C)C4CCC5C3CCC2(C)C1. The van der Waals surface area contributed by atoms with Gasteiger partial charge in [-0.1, -0.05) is 47.0 Å². The summed E-state index contributed by atoms with van der Waals surface area (Å²) in [5.74, 6) is 6.36. The standard InChI is InChI=1S/C25H42/c1-17-9-14-24(4)21-11-15-25-12-5-6-18(2)20(25)7-8-22(25)19(21)10-13-23(24,3)16-17/h17-22H,5-16H2,1-4H3/t17-,18+,19?,20?,21?,22?,23?,24?,25?/m1/s1. The third-order valence-corrected chi connectivity index (χ3v) is 11.4. The maximum absolute atomic E-state index is 2.75. The number of rotatable bonds is 0. The Labute approximate surface area is 156 Å². The normalized spacial score (nSPS) is 61.0. The summed E-state index contributed by atoms with van der Waals surface area (Å²) in [6, 6.07) is 0. The van der Waals surface area contributed by atoms with Crippen molar-refractivity contribution in [3.63, 3.8) is 0 Å². The summed E-state index contributed by atoms with van der Waals surface area (Å²) in [6.07, 6.45) is 18.7. The fourth-order valence-electron chi connectivity index (χ4n) is 10.1.